The zero-order valence-electron chi connectivity index (χ0n) is 7.61. The normalized spacial score (nSPS) is 10.4. The Labute approximate surface area is 89.9 Å². The number of pyridine rings is 1. The maximum Gasteiger partial charge on any atom is 0.108 e. The first-order valence-electron chi connectivity index (χ1n) is 4.10. The van der Waals surface area contributed by atoms with E-state index in [9.17, 15) is 0 Å². The van der Waals surface area contributed by atoms with Gasteiger partial charge in [0.15, 0.2) is 0 Å². The van der Waals surface area contributed by atoms with Gasteiger partial charge in [0.2, 0.25) is 0 Å². The van der Waals surface area contributed by atoms with Crippen molar-refractivity contribution in [1.82, 2.24) is 14.8 Å². The van der Waals surface area contributed by atoms with Crippen LogP contribution in [-0.2, 0) is 0 Å². The molecule has 72 valence electrons. The number of hydrogen-bond donors (Lipinski definition) is 1. The number of aryl methyl sites for hydroxylation is 1. The maximum atomic E-state index is 5.79. The fraction of sp³-hybridized carbons (Fsp3) is 0.111. The van der Waals surface area contributed by atoms with Gasteiger partial charge in [0.25, 0.3) is 0 Å². The van der Waals surface area contributed by atoms with Gasteiger partial charge in [-0.15, -0.1) is 0 Å². The number of anilines is 1. The Bertz CT molecular complexity index is 464. The Kier molecular flexibility index (Phi) is 2.25. The van der Waals surface area contributed by atoms with Crippen molar-refractivity contribution in [3.63, 3.8) is 0 Å². The molecule has 2 heterocycles. The Hall–Kier alpha value is -1.36. The molecule has 2 aromatic rings. The monoisotopic (exact) mass is 252 g/mol. The zero-order chi connectivity index (χ0) is 10.1. The molecule has 0 fully saturated rings. The van der Waals surface area contributed by atoms with E-state index in [1.165, 1.54) is 0 Å². The van der Waals surface area contributed by atoms with Crippen molar-refractivity contribution in [2.24, 2.45) is 0 Å². The SMILES string of the molecule is Cc1ccn(-c2cc(Br)ncc2N)n1. The lowest BCUT2D eigenvalue weighted by molar-refractivity contribution is 0.861. The quantitative estimate of drug-likeness (QED) is 0.790. The molecule has 2 aromatic heterocycles. The Morgan fingerprint density at radius 3 is 2.93 bits per heavy atom. The summed E-state index contributed by atoms with van der Waals surface area (Å²) in [5.41, 5.74) is 8.18. The van der Waals surface area contributed by atoms with Gasteiger partial charge < -0.3 is 5.73 Å². The summed E-state index contributed by atoms with van der Waals surface area (Å²) < 4.78 is 2.48. The van der Waals surface area contributed by atoms with Crippen LogP contribution in [0, 0.1) is 6.92 Å². The van der Waals surface area contributed by atoms with Crippen LogP contribution in [0.2, 0.25) is 0 Å². The molecule has 0 aliphatic carbocycles. The Balaban J connectivity index is 2.55. The molecule has 2 N–H and O–H groups in total. The fourth-order valence-electron chi connectivity index (χ4n) is 1.18. The summed E-state index contributed by atoms with van der Waals surface area (Å²) in [6.45, 7) is 1.93. The van der Waals surface area contributed by atoms with E-state index in [4.69, 9.17) is 5.73 Å². The summed E-state index contributed by atoms with van der Waals surface area (Å²) in [5, 5.41) is 4.27. The van der Waals surface area contributed by atoms with Crippen LogP contribution in [-0.4, -0.2) is 14.8 Å². The van der Waals surface area contributed by atoms with Crippen molar-refractivity contribution in [2.45, 2.75) is 6.92 Å². The largest absolute Gasteiger partial charge is 0.396 e. The lowest BCUT2D eigenvalue weighted by atomic mass is 10.3. The lowest BCUT2D eigenvalue weighted by Crippen LogP contribution is -2.01. The molecule has 0 amide bonds. The molecule has 0 aliphatic heterocycles. The number of nitrogen functional groups attached to an aromatic ring is 1. The molecule has 0 bridgehead atoms. The van der Waals surface area contributed by atoms with Crippen LogP contribution in [0.4, 0.5) is 5.69 Å². The van der Waals surface area contributed by atoms with Crippen LogP contribution in [0.25, 0.3) is 5.69 Å². The van der Waals surface area contributed by atoms with Crippen LogP contribution in [0.15, 0.2) is 29.1 Å². The molecule has 14 heavy (non-hydrogen) atoms. The predicted octanol–water partition coefficient (Wildman–Crippen LogP) is 1.92. The van der Waals surface area contributed by atoms with Gasteiger partial charge in [0.1, 0.15) is 4.60 Å². The van der Waals surface area contributed by atoms with Crippen LogP contribution in [0.1, 0.15) is 5.69 Å². The highest BCUT2D eigenvalue weighted by atomic mass is 79.9. The van der Waals surface area contributed by atoms with Gasteiger partial charge in [-0.2, -0.15) is 5.10 Å². The number of nitrogens with two attached hydrogens (primary N) is 1. The van der Waals surface area contributed by atoms with Gasteiger partial charge in [0.05, 0.1) is 23.3 Å². The average Bonchev–Trinajstić information content (AvgIpc) is 2.56. The minimum atomic E-state index is 0.608. The molecule has 0 saturated heterocycles. The second kappa shape index (κ2) is 3.42. The number of rotatable bonds is 1. The molecule has 5 heteroatoms. The first-order valence-corrected chi connectivity index (χ1v) is 4.90. The van der Waals surface area contributed by atoms with Crippen molar-refractivity contribution in [3.8, 4) is 5.69 Å². The minimum Gasteiger partial charge on any atom is -0.396 e. The van der Waals surface area contributed by atoms with Crippen molar-refractivity contribution in [3.05, 3.63) is 34.8 Å². The third kappa shape index (κ3) is 1.63. The zero-order valence-corrected chi connectivity index (χ0v) is 9.19. The molecule has 0 radical (unpaired) electrons. The third-order valence-corrected chi connectivity index (χ3v) is 2.28. The van der Waals surface area contributed by atoms with Crippen molar-refractivity contribution in [2.75, 3.05) is 5.73 Å². The second-order valence-electron chi connectivity index (χ2n) is 2.97. The number of halogens is 1. The second-order valence-corrected chi connectivity index (χ2v) is 3.78. The Morgan fingerprint density at radius 2 is 2.29 bits per heavy atom. The third-order valence-electron chi connectivity index (χ3n) is 1.85. The highest BCUT2D eigenvalue weighted by Gasteiger charge is 2.04. The number of nitrogens with zero attached hydrogens (tertiary/aromatic N) is 3. The highest BCUT2D eigenvalue weighted by Crippen LogP contribution is 2.19. The molecule has 0 aliphatic rings. The summed E-state index contributed by atoms with van der Waals surface area (Å²) in [5.74, 6) is 0. The molecular formula is C9H9BrN4. The van der Waals surface area contributed by atoms with E-state index in [1.807, 2.05) is 25.3 Å². The topological polar surface area (TPSA) is 56.7 Å². The van der Waals surface area contributed by atoms with E-state index < -0.39 is 0 Å². The standard InChI is InChI=1S/C9H9BrN4/c1-6-2-3-14(13-6)8-4-9(10)12-5-7(8)11/h2-5H,11H2,1H3. The average molecular weight is 253 g/mol. The Morgan fingerprint density at radius 1 is 1.50 bits per heavy atom. The van der Waals surface area contributed by atoms with Crippen molar-refractivity contribution >= 4 is 21.6 Å². The highest BCUT2D eigenvalue weighted by molar-refractivity contribution is 9.10. The molecule has 0 saturated carbocycles. The predicted molar refractivity (Wildman–Crippen MR) is 58.2 cm³/mol. The van der Waals surface area contributed by atoms with Gasteiger partial charge in [-0.1, -0.05) is 0 Å². The number of aromatic nitrogens is 3. The minimum absolute atomic E-state index is 0.608. The van der Waals surface area contributed by atoms with E-state index in [0.717, 1.165) is 16.0 Å². The van der Waals surface area contributed by atoms with Crippen LogP contribution in [0.5, 0.6) is 0 Å². The summed E-state index contributed by atoms with van der Waals surface area (Å²) in [7, 11) is 0. The lowest BCUT2D eigenvalue weighted by Gasteiger charge is -2.04. The van der Waals surface area contributed by atoms with Gasteiger partial charge in [-0.25, -0.2) is 9.67 Å². The first-order chi connectivity index (χ1) is 6.66. The molecule has 0 atom stereocenters. The van der Waals surface area contributed by atoms with Gasteiger partial charge in [-0.05, 0) is 35.0 Å². The van der Waals surface area contributed by atoms with Crippen LogP contribution < -0.4 is 5.73 Å². The van der Waals surface area contributed by atoms with Gasteiger partial charge >= 0.3 is 0 Å². The smallest absolute Gasteiger partial charge is 0.108 e. The molecular weight excluding hydrogens is 244 g/mol. The van der Waals surface area contributed by atoms with Crippen LogP contribution in [0.3, 0.4) is 0 Å². The fourth-order valence-corrected chi connectivity index (χ4v) is 1.50. The summed E-state index contributed by atoms with van der Waals surface area (Å²) >= 11 is 3.29. The summed E-state index contributed by atoms with van der Waals surface area (Å²) in [4.78, 5) is 4.02. The molecule has 0 unspecified atom stereocenters. The van der Waals surface area contributed by atoms with E-state index in [-0.39, 0.29) is 0 Å². The number of hydrogen-bond acceptors (Lipinski definition) is 3. The van der Waals surface area contributed by atoms with Crippen molar-refractivity contribution < 1.29 is 0 Å². The van der Waals surface area contributed by atoms with Gasteiger partial charge in [0, 0.05) is 6.20 Å². The maximum absolute atomic E-state index is 5.79. The van der Waals surface area contributed by atoms with E-state index >= 15 is 0 Å². The van der Waals surface area contributed by atoms with Gasteiger partial charge in [-0.3, -0.25) is 0 Å². The van der Waals surface area contributed by atoms with Crippen molar-refractivity contribution in [1.29, 1.82) is 0 Å². The molecule has 0 aromatic carbocycles. The summed E-state index contributed by atoms with van der Waals surface area (Å²) in [6.07, 6.45) is 3.48. The van der Waals surface area contributed by atoms with E-state index in [0.29, 0.717) is 5.69 Å². The molecule has 4 nitrogen and oxygen atoms in total. The van der Waals surface area contributed by atoms with Crippen LogP contribution >= 0.6 is 15.9 Å². The van der Waals surface area contributed by atoms with E-state index in [1.54, 1.807) is 10.9 Å². The molecule has 2 rings (SSSR count). The van der Waals surface area contributed by atoms with E-state index in [2.05, 4.69) is 26.0 Å². The summed E-state index contributed by atoms with van der Waals surface area (Å²) in [6, 6.07) is 3.76. The first kappa shape index (κ1) is 9.21. The molecule has 0 spiro atoms.